The van der Waals surface area contributed by atoms with E-state index in [-0.39, 0.29) is 5.82 Å². The first-order valence-electron chi connectivity index (χ1n) is 3.61. The SMILES string of the molecule is C=CCOc1ccc(F)c(C)n1. The number of pyridine rings is 1. The van der Waals surface area contributed by atoms with Gasteiger partial charge in [-0.2, -0.15) is 0 Å². The van der Waals surface area contributed by atoms with Crippen molar-refractivity contribution in [3.8, 4) is 5.88 Å². The van der Waals surface area contributed by atoms with Crippen molar-refractivity contribution in [2.45, 2.75) is 6.92 Å². The van der Waals surface area contributed by atoms with Crippen molar-refractivity contribution in [2.75, 3.05) is 6.61 Å². The van der Waals surface area contributed by atoms with Crippen LogP contribution in [0.1, 0.15) is 5.69 Å². The Bertz CT molecular complexity index is 286. The Morgan fingerprint density at radius 2 is 2.42 bits per heavy atom. The summed E-state index contributed by atoms with van der Waals surface area (Å²) in [5.41, 5.74) is 0.344. The lowest BCUT2D eigenvalue weighted by Gasteiger charge is -2.02. The molecule has 1 heterocycles. The summed E-state index contributed by atoms with van der Waals surface area (Å²) in [6.45, 7) is 5.47. The summed E-state index contributed by atoms with van der Waals surface area (Å²) >= 11 is 0. The van der Waals surface area contributed by atoms with Crippen molar-refractivity contribution in [3.05, 3.63) is 36.3 Å². The van der Waals surface area contributed by atoms with Crippen molar-refractivity contribution in [2.24, 2.45) is 0 Å². The first-order valence-corrected chi connectivity index (χ1v) is 3.61. The lowest BCUT2D eigenvalue weighted by atomic mass is 10.3. The maximum Gasteiger partial charge on any atom is 0.213 e. The van der Waals surface area contributed by atoms with E-state index in [1.54, 1.807) is 13.0 Å². The predicted octanol–water partition coefficient (Wildman–Crippen LogP) is 2.09. The zero-order valence-corrected chi connectivity index (χ0v) is 6.88. The van der Waals surface area contributed by atoms with Crippen LogP contribution in [0.5, 0.6) is 5.88 Å². The molecule has 0 aliphatic rings. The van der Waals surface area contributed by atoms with Gasteiger partial charge in [0, 0.05) is 6.07 Å². The Balaban J connectivity index is 2.75. The van der Waals surface area contributed by atoms with E-state index in [1.807, 2.05) is 0 Å². The van der Waals surface area contributed by atoms with Gasteiger partial charge >= 0.3 is 0 Å². The Kier molecular flexibility index (Phi) is 2.80. The van der Waals surface area contributed by atoms with Crippen molar-refractivity contribution in [3.63, 3.8) is 0 Å². The Hall–Kier alpha value is -1.38. The minimum atomic E-state index is -0.319. The summed E-state index contributed by atoms with van der Waals surface area (Å²) < 4.78 is 17.8. The van der Waals surface area contributed by atoms with Crippen molar-refractivity contribution in [1.82, 2.24) is 4.98 Å². The van der Waals surface area contributed by atoms with E-state index in [0.29, 0.717) is 18.2 Å². The highest BCUT2D eigenvalue weighted by Crippen LogP contribution is 2.10. The van der Waals surface area contributed by atoms with Crippen LogP contribution in [0.4, 0.5) is 4.39 Å². The van der Waals surface area contributed by atoms with Gasteiger partial charge in [-0.25, -0.2) is 9.37 Å². The molecule has 0 amide bonds. The molecule has 0 N–H and O–H groups in total. The van der Waals surface area contributed by atoms with E-state index in [1.165, 1.54) is 12.1 Å². The Morgan fingerprint density at radius 3 is 3.00 bits per heavy atom. The molecular formula is C9H10FNO. The number of halogens is 1. The fraction of sp³-hybridized carbons (Fsp3) is 0.222. The molecule has 0 aliphatic heterocycles. The Morgan fingerprint density at radius 1 is 1.67 bits per heavy atom. The second-order valence-electron chi connectivity index (χ2n) is 2.32. The van der Waals surface area contributed by atoms with Crippen LogP contribution >= 0.6 is 0 Å². The summed E-state index contributed by atoms with van der Waals surface area (Å²) in [6, 6.07) is 2.83. The van der Waals surface area contributed by atoms with Gasteiger partial charge in [-0.1, -0.05) is 12.7 Å². The van der Waals surface area contributed by atoms with Gasteiger partial charge in [-0.15, -0.1) is 0 Å². The molecule has 0 saturated carbocycles. The van der Waals surface area contributed by atoms with E-state index < -0.39 is 0 Å². The first-order chi connectivity index (χ1) is 5.74. The largest absolute Gasteiger partial charge is 0.473 e. The van der Waals surface area contributed by atoms with Crippen LogP contribution in [0.2, 0.25) is 0 Å². The minimum absolute atomic E-state index is 0.319. The molecule has 0 bridgehead atoms. The van der Waals surface area contributed by atoms with E-state index in [2.05, 4.69) is 11.6 Å². The van der Waals surface area contributed by atoms with Gasteiger partial charge in [0.2, 0.25) is 5.88 Å². The molecule has 2 nitrogen and oxygen atoms in total. The average molecular weight is 167 g/mol. The summed E-state index contributed by atoms with van der Waals surface area (Å²) in [5.74, 6) is 0.106. The van der Waals surface area contributed by atoms with E-state index in [4.69, 9.17) is 4.74 Å². The molecular weight excluding hydrogens is 157 g/mol. The predicted molar refractivity (Wildman–Crippen MR) is 44.6 cm³/mol. The monoisotopic (exact) mass is 167 g/mol. The van der Waals surface area contributed by atoms with E-state index >= 15 is 0 Å². The summed E-state index contributed by atoms with van der Waals surface area (Å²) in [4.78, 5) is 3.87. The molecule has 0 fully saturated rings. The van der Waals surface area contributed by atoms with Crippen LogP contribution in [0.15, 0.2) is 24.8 Å². The van der Waals surface area contributed by atoms with Crippen molar-refractivity contribution >= 4 is 0 Å². The number of ether oxygens (including phenoxy) is 1. The molecule has 0 spiro atoms. The highest BCUT2D eigenvalue weighted by Gasteiger charge is 1.99. The first kappa shape index (κ1) is 8.71. The highest BCUT2D eigenvalue weighted by atomic mass is 19.1. The van der Waals surface area contributed by atoms with Crippen LogP contribution in [0.25, 0.3) is 0 Å². The summed E-state index contributed by atoms with van der Waals surface area (Å²) in [5, 5.41) is 0. The van der Waals surface area contributed by atoms with E-state index in [9.17, 15) is 4.39 Å². The fourth-order valence-corrected chi connectivity index (χ4v) is 0.746. The normalized spacial score (nSPS) is 9.50. The highest BCUT2D eigenvalue weighted by molar-refractivity contribution is 5.16. The number of aromatic nitrogens is 1. The quantitative estimate of drug-likeness (QED) is 0.643. The fourth-order valence-electron chi connectivity index (χ4n) is 0.746. The molecule has 0 unspecified atom stereocenters. The zero-order valence-electron chi connectivity index (χ0n) is 6.88. The molecule has 0 radical (unpaired) electrons. The maximum absolute atomic E-state index is 12.7. The third kappa shape index (κ3) is 2.05. The van der Waals surface area contributed by atoms with Crippen LogP contribution < -0.4 is 4.74 Å². The molecule has 1 aromatic rings. The molecule has 0 saturated heterocycles. The van der Waals surface area contributed by atoms with Crippen LogP contribution in [-0.4, -0.2) is 11.6 Å². The van der Waals surface area contributed by atoms with Gasteiger partial charge in [0.05, 0.1) is 5.69 Å². The van der Waals surface area contributed by atoms with Crippen LogP contribution in [-0.2, 0) is 0 Å². The molecule has 1 rings (SSSR count). The topological polar surface area (TPSA) is 22.1 Å². The van der Waals surface area contributed by atoms with Gasteiger partial charge in [-0.05, 0) is 13.0 Å². The Labute approximate surface area is 70.7 Å². The van der Waals surface area contributed by atoms with Crippen LogP contribution in [0, 0.1) is 12.7 Å². The number of aryl methyl sites for hydroxylation is 1. The molecule has 0 atom stereocenters. The van der Waals surface area contributed by atoms with Crippen LogP contribution in [0.3, 0.4) is 0 Å². The van der Waals surface area contributed by atoms with E-state index in [0.717, 1.165) is 0 Å². The molecule has 1 aromatic heterocycles. The molecule has 12 heavy (non-hydrogen) atoms. The lowest BCUT2D eigenvalue weighted by molar-refractivity contribution is 0.346. The third-order valence-electron chi connectivity index (χ3n) is 1.34. The van der Waals surface area contributed by atoms with Gasteiger partial charge in [0.15, 0.2) is 0 Å². The van der Waals surface area contributed by atoms with Crippen molar-refractivity contribution < 1.29 is 9.13 Å². The molecule has 64 valence electrons. The molecule has 3 heteroatoms. The number of nitrogens with zero attached hydrogens (tertiary/aromatic N) is 1. The molecule has 0 aromatic carbocycles. The van der Waals surface area contributed by atoms with Gasteiger partial charge in [0.25, 0.3) is 0 Å². The summed E-state index contributed by atoms with van der Waals surface area (Å²) in [6.07, 6.45) is 1.61. The number of hydrogen-bond donors (Lipinski definition) is 0. The summed E-state index contributed by atoms with van der Waals surface area (Å²) in [7, 11) is 0. The van der Waals surface area contributed by atoms with Gasteiger partial charge < -0.3 is 4.74 Å². The third-order valence-corrected chi connectivity index (χ3v) is 1.34. The number of rotatable bonds is 3. The lowest BCUT2D eigenvalue weighted by Crippen LogP contribution is -1.97. The maximum atomic E-state index is 12.7. The van der Waals surface area contributed by atoms with Gasteiger partial charge in [-0.3, -0.25) is 0 Å². The minimum Gasteiger partial charge on any atom is -0.473 e. The van der Waals surface area contributed by atoms with Crippen molar-refractivity contribution in [1.29, 1.82) is 0 Å². The molecule has 0 aliphatic carbocycles. The second kappa shape index (κ2) is 3.85. The average Bonchev–Trinajstić information content (AvgIpc) is 2.07. The zero-order chi connectivity index (χ0) is 8.97. The van der Waals surface area contributed by atoms with Gasteiger partial charge in [0.1, 0.15) is 12.4 Å². The standard InChI is InChI=1S/C9H10FNO/c1-3-6-12-9-5-4-8(10)7(2)11-9/h3-5H,1,6H2,2H3. The number of hydrogen-bond acceptors (Lipinski definition) is 2. The second-order valence-corrected chi connectivity index (χ2v) is 2.32. The smallest absolute Gasteiger partial charge is 0.213 e.